The summed E-state index contributed by atoms with van der Waals surface area (Å²) in [7, 11) is 1.58. The summed E-state index contributed by atoms with van der Waals surface area (Å²) in [4.78, 5) is 16.2. The van der Waals surface area contributed by atoms with Gasteiger partial charge in [0.15, 0.2) is 6.61 Å². The molecule has 0 aliphatic carbocycles. The van der Waals surface area contributed by atoms with Crippen LogP contribution in [0.15, 0.2) is 53.1 Å². The van der Waals surface area contributed by atoms with Gasteiger partial charge < -0.3 is 18.7 Å². The zero-order valence-electron chi connectivity index (χ0n) is 14.5. The Hall–Kier alpha value is -3.35. The average Bonchev–Trinajstić information content (AvgIpc) is 3.10. The van der Waals surface area contributed by atoms with Crippen LogP contribution in [0, 0.1) is 6.92 Å². The molecule has 0 amide bonds. The fourth-order valence-electron chi connectivity index (χ4n) is 2.28. The van der Waals surface area contributed by atoms with Crippen LogP contribution in [-0.2, 0) is 18.0 Å². The van der Waals surface area contributed by atoms with Crippen LogP contribution in [0.5, 0.6) is 11.5 Å². The summed E-state index contributed by atoms with van der Waals surface area (Å²) in [6.07, 6.45) is 0. The Morgan fingerprint density at radius 2 is 1.85 bits per heavy atom. The van der Waals surface area contributed by atoms with Crippen LogP contribution in [-0.4, -0.2) is 23.2 Å². The summed E-state index contributed by atoms with van der Waals surface area (Å²) in [5.41, 5.74) is 1.24. The molecule has 1 aromatic heterocycles. The van der Waals surface area contributed by atoms with Crippen LogP contribution in [0.4, 0.5) is 0 Å². The number of carbonyl (C=O) groups is 1. The number of benzene rings is 2. The molecule has 0 saturated carbocycles. The highest BCUT2D eigenvalue weighted by atomic mass is 16.5. The first kappa shape index (κ1) is 17.5. The van der Waals surface area contributed by atoms with E-state index in [0.717, 1.165) is 5.56 Å². The largest absolute Gasteiger partial charge is 0.496 e. The van der Waals surface area contributed by atoms with Gasteiger partial charge in [0.1, 0.15) is 18.1 Å². The number of para-hydroxylation sites is 1. The zero-order chi connectivity index (χ0) is 18.4. The molecule has 0 N–H and O–H groups in total. The van der Waals surface area contributed by atoms with Gasteiger partial charge in [-0.3, -0.25) is 0 Å². The number of esters is 1. The number of hydrogen-bond acceptors (Lipinski definition) is 7. The van der Waals surface area contributed by atoms with Crippen molar-refractivity contribution in [2.24, 2.45) is 0 Å². The smallest absolute Gasteiger partial charge is 0.338 e. The molecule has 0 radical (unpaired) electrons. The number of methoxy groups -OCH3 is 1. The third kappa shape index (κ3) is 4.38. The Labute approximate surface area is 150 Å². The maximum atomic E-state index is 12.2. The lowest BCUT2D eigenvalue weighted by molar-refractivity contribution is 0.0470. The van der Waals surface area contributed by atoms with E-state index in [0.29, 0.717) is 28.8 Å². The van der Waals surface area contributed by atoms with E-state index in [9.17, 15) is 4.79 Å². The number of rotatable bonds is 7. The summed E-state index contributed by atoms with van der Waals surface area (Å²) < 4.78 is 21.0. The van der Waals surface area contributed by atoms with Crippen LogP contribution < -0.4 is 9.47 Å². The predicted molar refractivity (Wildman–Crippen MR) is 91.9 cm³/mol. The van der Waals surface area contributed by atoms with Gasteiger partial charge in [0.25, 0.3) is 0 Å². The minimum atomic E-state index is -0.420. The molecule has 1 heterocycles. The van der Waals surface area contributed by atoms with Gasteiger partial charge in [0, 0.05) is 12.5 Å². The monoisotopic (exact) mass is 354 g/mol. The lowest BCUT2D eigenvalue weighted by atomic mass is 10.2. The molecule has 26 heavy (non-hydrogen) atoms. The van der Waals surface area contributed by atoms with Crippen LogP contribution in [0.2, 0.25) is 0 Å². The van der Waals surface area contributed by atoms with Crippen LogP contribution in [0.3, 0.4) is 0 Å². The van der Waals surface area contributed by atoms with Crippen LogP contribution >= 0.6 is 0 Å². The summed E-state index contributed by atoms with van der Waals surface area (Å²) in [5.74, 6) is 1.80. The van der Waals surface area contributed by atoms with Crippen molar-refractivity contribution in [3.05, 3.63) is 71.4 Å². The van der Waals surface area contributed by atoms with Gasteiger partial charge >= 0.3 is 5.97 Å². The van der Waals surface area contributed by atoms with Crippen molar-refractivity contribution in [2.45, 2.75) is 20.1 Å². The zero-order valence-corrected chi connectivity index (χ0v) is 14.5. The molecule has 7 heteroatoms. The maximum absolute atomic E-state index is 12.2. The van der Waals surface area contributed by atoms with E-state index >= 15 is 0 Å². The fourth-order valence-corrected chi connectivity index (χ4v) is 2.28. The van der Waals surface area contributed by atoms with Crippen molar-refractivity contribution >= 4 is 5.97 Å². The first-order valence-corrected chi connectivity index (χ1v) is 7.97. The molecule has 7 nitrogen and oxygen atoms in total. The lowest BCUT2D eigenvalue weighted by Gasteiger charge is -2.09. The quantitative estimate of drug-likeness (QED) is 0.602. The SMILES string of the molecule is COc1ccccc1COC(=O)c1ccc(OCc2noc(C)n2)cc1. The van der Waals surface area contributed by atoms with E-state index in [4.69, 9.17) is 18.7 Å². The highest BCUT2D eigenvalue weighted by molar-refractivity contribution is 5.89. The molecule has 0 spiro atoms. The van der Waals surface area contributed by atoms with Crippen LogP contribution in [0.25, 0.3) is 0 Å². The number of ether oxygens (including phenoxy) is 3. The number of aromatic nitrogens is 2. The lowest BCUT2D eigenvalue weighted by Crippen LogP contribution is -2.06. The molecule has 0 bridgehead atoms. The van der Waals surface area contributed by atoms with Crippen molar-refractivity contribution in [3.63, 3.8) is 0 Å². The standard InChI is InChI=1S/C19H18N2O5/c1-13-20-18(21-26-13)12-24-16-9-7-14(8-10-16)19(22)25-11-15-5-3-4-6-17(15)23-2/h3-10H,11-12H2,1-2H3. The fraction of sp³-hybridized carbons (Fsp3) is 0.211. The van der Waals surface area contributed by atoms with Gasteiger partial charge in [-0.05, 0) is 30.3 Å². The van der Waals surface area contributed by atoms with Gasteiger partial charge in [-0.15, -0.1) is 0 Å². The van der Waals surface area contributed by atoms with Crippen molar-refractivity contribution in [2.75, 3.05) is 7.11 Å². The summed E-state index contributed by atoms with van der Waals surface area (Å²) in [5, 5.41) is 3.75. The molecule has 0 aliphatic rings. The number of nitrogens with zero attached hydrogens (tertiary/aromatic N) is 2. The molecule has 0 aliphatic heterocycles. The number of carbonyl (C=O) groups excluding carboxylic acids is 1. The first-order chi connectivity index (χ1) is 12.7. The van der Waals surface area contributed by atoms with E-state index in [2.05, 4.69) is 10.1 Å². The topological polar surface area (TPSA) is 83.7 Å². The Morgan fingerprint density at radius 1 is 1.08 bits per heavy atom. The van der Waals surface area contributed by atoms with E-state index in [1.165, 1.54) is 0 Å². The Morgan fingerprint density at radius 3 is 2.54 bits per heavy atom. The molecule has 0 unspecified atom stereocenters. The van der Waals surface area contributed by atoms with E-state index in [1.54, 1.807) is 38.3 Å². The van der Waals surface area contributed by atoms with Crippen LogP contribution in [0.1, 0.15) is 27.6 Å². The second-order valence-electron chi connectivity index (χ2n) is 5.43. The Balaban J connectivity index is 1.55. The third-order valence-corrected chi connectivity index (χ3v) is 3.58. The molecule has 0 fully saturated rings. The van der Waals surface area contributed by atoms with E-state index in [1.807, 2.05) is 24.3 Å². The van der Waals surface area contributed by atoms with Gasteiger partial charge in [-0.25, -0.2) is 4.79 Å². The van der Waals surface area contributed by atoms with Gasteiger partial charge in [0.2, 0.25) is 11.7 Å². The van der Waals surface area contributed by atoms with E-state index in [-0.39, 0.29) is 13.2 Å². The summed E-state index contributed by atoms with van der Waals surface area (Å²) in [6.45, 7) is 2.04. The highest BCUT2D eigenvalue weighted by Gasteiger charge is 2.10. The summed E-state index contributed by atoms with van der Waals surface area (Å²) >= 11 is 0. The second kappa shape index (κ2) is 8.15. The predicted octanol–water partition coefficient (Wildman–Crippen LogP) is 3.32. The second-order valence-corrected chi connectivity index (χ2v) is 5.43. The van der Waals surface area contributed by atoms with Crippen molar-refractivity contribution < 1.29 is 23.5 Å². The number of aryl methyl sites for hydroxylation is 1. The van der Waals surface area contributed by atoms with E-state index < -0.39 is 5.97 Å². The first-order valence-electron chi connectivity index (χ1n) is 7.97. The Kier molecular flexibility index (Phi) is 5.48. The van der Waals surface area contributed by atoms with Crippen molar-refractivity contribution in [3.8, 4) is 11.5 Å². The maximum Gasteiger partial charge on any atom is 0.338 e. The molecule has 3 aromatic rings. The van der Waals surface area contributed by atoms with Gasteiger partial charge in [0.05, 0.1) is 12.7 Å². The minimum absolute atomic E-state index is 0.137. The molecule has 0 atom stereocenters. The average molecular weight is 354 g/mol. The summed E-state index contributed by atoms with van der Waals surface area (Å²) in [6, 6.07) is 14.0. The highest BCUT2D eigenvalue weighted by Crippen LogP contribution is 2.19. The minimum Gasteiger partial charge on any atom is -0.496 e. The third-order valence-electron chi connectivity index (χ3n) is 3.58. The van der Waals surface area contributed by atoms with Crippen molar-refractivity contribution in [1.29, 1.82) is 0 Å². The normalized spacial score (nSPS) is 10.4. The molecule has 134 valence electrons. The van der Waals surface area contributed by atoms with Gasteiger partial charge in [-0.1, -0.05) is 23.4 Å². The molecular formula is C19H18N2O5. The molecular weight excluding hydrogens is 336 g/mol. The van der Waals surface area contributed by atoms with Crippen molar-refractivity contribution in [1.82, 2.24) is 10.1 Å². The number of hydrogen-bond donors (Lipinski definition) is 0. The van der Waals surface area contributed by atoms with Gasteiger partial charge in [-0.2, -0.15) is 4.98 Å². The Bertz CT molecular complexity index is 874. The molecule has 0 saturated heterocycles. The molecule has 3 rings (SSSR count). The molecule has 2 aromatic carbocycles.